The Labute approximate surface area is 111 Å². The number of benzene rings is 1. The Morgan fingerprint density at radius 2 is 2.16 bits per heavy atom. The number of nitrogen functional groups attached to an aromatic ring is 1. The molecule has 0 spiro atoms. The van der Waals surface area contributed by atoms with Crippen LogP contribution in [0.1, 0.15) is 12.1 Å². The van der Waals surface area contributed by atoms with Crippen LogP contribution in [0.25, 0.3) is 16.7 Å². The molecule has 98 valence electrons. The van der Waals surface area contributed by atoms with Gasteiger partial charge in [-0.2, -0.15) is 10.2 Å². The first kappa shape index (κ1) is 11.9. The van der Waals surface area contributed by atoms with Gasteiger partial charge in [0.25, 0.3) is 6.43 Å². The fourth-order valence-electron chi connectivity index (χ4n) is 1.90. The van der Waals surface area contributed by atoms with E-state index in [1.54, 1.807) is 24.3 Å². The topological polar surface area (TPSA) is 72.5 Å². The molecule has 0 atom stereocenters. The molecule has 3 aromatic rings. The van der Waals surface area contributed by atoms with E-state index < -0.39 is 12.1 Å². The zero-order valence-electron chi connectivity index (χ0n) is 9.44. The molecule has 0 fully saturated rings. The van der Waals surface area contributed by atoms with Gasteiger partial charge in [-0.25, -0.2) is 13.5 Å². The third-order valence-corrected chi connectivity index (χ3v) is 2.93. The lowest BCUT2D eigenvalue weighted by atomic mass is 10.3. The second-order valence-corrected chi connectivity index (χ2v) is 4.35. The first-order valence-electron chi connectivity index (χ1n) is 5.34. The number of alkyl halides is 2. The van der Waals surface area contributed by atoms with Crippen LogP contribution in [0.15, 0.2) is 24.3 Å². The number of anilines is 1. The molecule has 0 unspecified atom stereocenters. The maximum Gasteiger partial charge on any atom is 0.282 e. The van der Waals surface area contributed by atoms with Crippen LogP contribution in [0.5, 0.6) is 0 Å². The summed E-state index contributed by atoms with van der Waals surface area (Å²) in [5.74, 6) is 0.0681. The minimum Gasteiger partial charge on any atom is -0.383 e. The number of fused-ring (bicyclic) bond motifs is 1. The van der Waals surface area contributed by atoms with Crippen LogP contribution in [-0.4, -0.2) is 20.0 Å². The molecule has 3 N–H and O–H groups in total. The summed E-state index contributed by atoms with van der Waals surface area (Å²) in [7, 11) is 0. The maximum atomic E-state index is 13.0. The molecule has 8 heteroatoms. The summed E-state index contributed by atoms with van der Waals surface area (Å²) in [6.07, 6.45) is -2.73. The molecule has 0 aliphatic carbocycles. The number of nitrogens with one attached hydrogen (secondary N) is 1. The van der Waals surface area contributed by atoms with Gasteiger partial charge in [0.15, 0.2) is 5.65 Å². The monoisotopic (exact) mass is 283 g/mol. The summed E-state index contributed by atoms with van der Waals surface area (Å²) in [4.78, 5) is 0. The van der Waals surface area contributed by atoms with Gasteiger partial charge in [0, 0.05) is 5.02 Å². The molecule has 2 heterocycles. The third kappa shape index (κ3) is 1.82. The second-order valence-electron chi connectivity index (χ2n) is 3.91. The predicted octanol–water partition coefficient (Wildman–Crippen LogP) is 2.92. The summed E-state index contributed by atoms with van der Waals surface area (Å²) in [5, 5.41) is 10.9. The van der Waals surface area contributed by atoms with E-state index in [0.29, 0.717) is 10.7 Å². The number of rotatable bonds is 2. The zero-order chi connectivity index (χ0) is 13.6. The van der Waals surface area contributed by atoms with Gasteiger partial charge in [-0.3, -0.25) is 5.10 Å². The van der Waals surface area contributed by atoms with Crippen LogP contribution in [0.2, 0.25) is 5.02 Å². The third-order valence-electron chi connectivity index (χ3n) is 2.70. The minimum absolute atomic E-state index is 0.0681. The second kappa shape index (κ2) is 4.20. The van der Waals surface area contributed by atoms with E-state index in [4.69, 9.17) is 17.3 Å². The lowest BCUT2D eigenvalue weighted by Gasteiger charge is -2.01. The first-order chi connectivity index (χ1) is 9.08. The van der Waals surface area contributed by atoms with Crippen molar-refractivity contribution in [1.82, 2.24) is 20.0 Å². The van der Waals surface area contributed by atoms with Crippen LogP contribution in [0.3, 0.4) is 0 Å². The average Bonchev–Trinajstić information content (AvgIpc) is 2.90. The molecule has 0 radical (unpaired) electrons. The van der Waals surface area contributed by atoms with Gasteiger partial charge >= 0.3 is 0 Å². The van der Waals surface area contributed by atoms with Gasteiger partial charge in [0.05, 0.1) is 11.1 Å². The van der Waals surface area contributed by atoms with Crippen LogP contribution in [-0.2, 0) is 0 Å². The molecular weight excluding hydrogens is 276 g/mol. The number of halogens is 3. The number of hydrogen-bond donors (Lipinski definition) is 2. The Morgan fingerprint density at radius 1 is 1.37 bits per heavy atom. The summed E-state index contributed by atoms with van der Waals surface area (Å²) in [6, 6.07) is 6.68. The van der Waals surface area contributed by atoms with Crippen molar-refractivity contribution in [3.63, 3.8) is 0 Å². The molecule has 0 amide bonds. The summed E-state index contributed by atoms with van der Waals surface area (Å²) in [6.45, 7) is 0. The van der Waals surface area contributed by atoms with Crippen LogP contribution in [0.4, 0.5) is 14.6 Å². The lowest BCUT2D eigenvalue weighted by Crippen LogP contribution is -1.99. The van der Waals surface area contributed by atoms with E-state index >= 15 is 0 Å². The van der Waals surface area contributed by atoms with Crippen molar-refractivity contribution in [1.29, 1.82) is 0 Å². The minimum atomic E-state index is -2.73. The Bertz CT molecular complexity index is 749. The average molecular weight is 284 g/mol. The largest absolute Gasteiger partial charge is 0.383 e. The van der Waals surface area contributed by atoms with Gasteiger partial charge in [-0.05, 0) is 18.2 Å². The normalized spacial score (nSPS) is 11.6. The standard InChI is InChI=1S/C11H8ClF2N5/c12-5-2-1-3-6(4-5)19-11-7(10(15)16-17-11)8(18-19)9(13)14/h1-4,9H,(H3,15,16,17). The van der Waals surface area contributed by atoms with Gasteiger partial charge in [0.2, 0.25) is 0 Å². The van der Waals surface area contributed by atoms with Crippen molar-refractivity contribution in [2.45, 2.75) is 6.43 Å². The number of aromatic amines is 1. The molecule has 0 saturated heterocycles. The quantitative estimate of drug-likeness (QED) is 0.759. The maximum absolute atomic E-state index is 13.0. The van der Waals surface area contributed by atoms with Crippen molar-refractivity contribution in [2.75, 3.05) is 5.73 Å². The van der Waals surface area contributed by atoms with Crippen LogP contribution in [0, 0.1) is 0 Å². The van der Waals surface area contributed by atoms with Crippen LogP contribution < -0.4 is 5.73 Å². The predicted molar refractivity (Wildman–Crippen MR) is 67.6 cm³/mol. The number of H-pyrrole nitrogens is 1. The highest BCUT2D eigenvalue weighted by molar-refractivity contribution is 6.30. The van der Waals surface area contributed by atoms with Crippen molar-refractivity contribution in [3.05, 3.63) is 35.0 Å². The van der Waals surface area contributed by atoms with E-state index in [1.807, 2.05) is 0 Å². The Morgan fingerprint density at radius 3 is 2.84 bits per heavy atom. The first-order valence-corrected chi connectivity index (χ1v) is 5.72. The smallest absolute Gasteiger partial charge is 0.282 e. The summed E-state index contributed by atoms with van der Waals surface area (Å²) < 4.78 is 27.2. The van der Waals surface area contributed by atoms with Crippen molar-refractivity contribution < 1.29 is 8.78 Å². The molecule has 3 rings (SSSR count). The molecule has 19 heavy (non-hydrogen) atoms. The van der Waals surface area contributed by atoms with E-state index in [-0.39, 0.29) is 16.9 Å². The van der Waals surface area contributed by atoms with E-state index in [0.717, 1.165) is 0 Å². The highest BCUT2D eigenvalue weighted by Gasteiger charge is 2.23. The SMILES string of the molecule is Nc1[nH]nc2c1c(C(F)F)nn2-c1cccc(Cl)c1. The molecule has 0 bridgehead atoms. The van der Waals surface area contributed by atoms with Gasteiger partial charge < -0.3 is 5.73 Å². The highest BCUT2D eigenvalue weighted by atomic mass is 35.5. The van der Waals surface area contributed by atoms with E-state index in [2.05, 4.69) is 15.3 Å². The zero-order valence-corrected chi connectivity index (χ0v) is 10.2. The van der Waals surface area contributed by atoms with Gasteiger partial charge in [-0.1, -0.05) is 17.7 Å². The molecule has 0 saturated carbocycles. The molecular formula is C11H8ClF2N5. The Kier molecular flexibility index (Phi) is 2.63. The molecule has 0 aliphatic heterocycles. The van der Waals surface area contributed by atoms with Crippen LogP contribution >= 0.6 is 11.6 Å². The molecule has 5 nitrogen and oxygen atoms in total. The number of nitrogens with zero attached hydrogens (tertiary/aromatic N) is 3. The van der Waals surface area contributed by atoms with Crippen molar-refractivity contribution in [3.8, 4) is 5.69 Å². The van der Waals surface area contributed by atoms with E-state index in [9.17, 15) is 8.78 Å². The fraction of sp³-hybridized carbons (Fsp3) is 0.0909. The highest BCUT2D eigenvalue weighted by Crippen LogP contribution is 2.31. The molecule has 0 aliphatic rings. The van der Waals surface area contributed by atoms with Crippen molar-refractivity contribution in [2.24, 2.45) is 0 Å². The molecule has 1 aromatic carbocycles. The van der Waals surface area contributed by atoms with Crippen molar-refractivity contribution >= 4 is 28.5 Å². The van der Waals surface area contributed by atoms with Gasteiger partial charge in [-0.15, -0.1) is 0 Å². The fourth-order valence-corrected chi connectivity index (χ4v) is 2.08. The van der Waals surface area contributed by atoms with E-state index in [1.165, 1.54) is 4.68 Å². The Balaban J connectivity index is 2.30. The number of nitrogens with two attached hydrogens (primary N) is 1. The lowest BCUT2D eigenvalue weighted by molar-refractivity contribution is 0.147. The Hall–Kier alpha value is -2.15. The number of hydrogen-bond acceptors (Lipinski definition) is 3. The summed E-state index contributed by atoms with van der Waals surface area (Å²) >= 11 is 5.88. The van der Waals surface area contributed by atoms with Gasteiger partial charge in [0.1, 0.15) is 11.5 Å². The molecule has 2 aromatic heterocycles. The number of aromatic nitrogens is 4. The summed E-state index contributed by atoms with van der Waals surface area (Å²) in [5.41, 5.74) is 5.99.